The van der Waals surface area contributed by atoms with Gasteiger partial charge in [-0.05, 0) is 31.0 Å². The van der Waals surface area contributed by atoms with Crippen LogP contribution < -0.4 is 15.4 Å². The predicted molar refractivity (Wildman–Crippen MR) is 105 cm³/mol. The molecule has 1 aromatic carbocycles. The van der Waals surface area contributed by atoms with E-state index < -0.39 is 0 Å². The zero-order chi connectivity index (χ0) is 18.6. The van der Waals surface area contributed by atoms with E-state index >= 15 is 0 Å². The highest BCUT2D eigenvalue weighted by Gasteiger charge is 2.22. The summed E-state index contributed by atoms with van der Waals surface area (Å²) in [4.78, 5) is 16.6. The fraction of sp³-hybridized carbons (Fsp3) is 0.222. The summed E-state index contributed by atoms with van der Waals surface area (Å²) >= 11 is 7.53. The maximum Gasteiger partial charge on any atom is 0.259 e. The van der Waals surface area contributed by atoms with Crippen molar-refractivity contribution in [1.82, 2.24) is 15.2 Å². The molecule has 27 heavy (non-hydrogen) atoms. The maximum absolute atomic E-state index is 12.2. The molecule has 0 radical (unpaired) electrons. The van der Waals surface area contributed by atoms with Crippen molar-refractivity contribution in [3.63, 3.8) is 0 Å². The van der Waals surface area contributed by atoms with E-state index in [1.165, 1.54) is 17.5 Å². The fourth-order valence-electron chi connectivity index (χ4n) is 2.91. The van der Waals surface area contributed by atoms with E-state index in [2.05, 4.69) is 25.8 Å². The lowest BCUT2D eigenvalue weighted by Crippen LogP contribution is -2.14. The summed E-state index contributed by atoms with van der Waals surface area (Å²) in [5, 5.41) is 14.6. The molecule has 0 fully saturated rings. The number of anilines is 2. The molecule has 1 atom stereocenters. The number of nitrogens with one attached hydrogen (secondary N) is 2. The minimum absolute atomic E-state index is 0.0368. The quantitative estimate of drug-likeness (QED) is 0.682. The van der Waals surface area contributed by atoms with Crippen LogP contribution in [0.3, 0.4) is 0 Å². The van der Waals surface area contributed by atoms with Gasteiger partial charge in [-0.3, -0.25) is 10.1 Å². The summed E-state index contributed by atoms with van der Waals surface area (Å²) in [5.74, 6) is 1.13. The van der Waals surface area contributed by atoms with Crippen molar-refractivity contribution >= 4 is 39.8 Å². The largest absolute Gasteiger partial charge is 0.492 e. The van der Waals surface area contributed by atoms with Crippen molar-refractivity contribution < 1.29 is 9.53 Å². The number of benzene rings is 1. The van der Waals surface area contributed by atoms with Gasteiger partial charge in [-0.15, -0.1) is 10.2 Å². The second-order valence-electron chi connectivity index (χ2n) is 5.98. The average Bonchev–Trinajstić information content (AvgIpc) is 3.10. The van der Waals surface area contributed by atoms with Crippen LogP contribution in [-0.4, -0.2) is 27.7 Å². The lowest BCUT2D eigenvalue weighted by atomic mass is 10.0. The van der Waals surface area contributed by atoms with E-state index in [-0.39, 0.29) is 11.9 Å². The highest BCUT2D eigenvalue weighted by Crippen LogP contribution is 2.38. The van der Waals surface area contributed by atoms with E-state index in [0.717, 1.165) is 24.2 Å². The van der Waals surface area contributed by atoms with Gasteiger partial charge in [0.2, 0.25) is 5.13 Å². The molecule has 0 bridgehead atoms. The molecule has 138 valence electrons. The predicted octanol–water partition coefficient (Wildman–Crippen LogP) is 4.16. The van der Waals surface area contributed by atoms with Crippen LogP contribution in [0.2, 0.25) is 5.02 Å². The summed E-state index contributed by atoms with van der Waals surface area (Å²) in [6.45, 7) is 0.632. The van der Waals surface area contributed by atoms with Gasteiger partial charge in [0.15, 0.2) is 0 Å². The molecule has 0 aliphatic carbocycles. The molecule has 0 spiro atoms. The average molecular weight is 402 g/mol. The first-order chi connectivity index (χ1) is 13.2. The van der Waals surface area contributed by atoms with Crippen LogP contribution in [0.1, 0.15) is 34.8 Å². The third kappa shape index (κ3) is 4.01. The number of aromatic nitrogens is 3. The molecule has 7 nitrogen and oxygen atoms in total. The molecular weight excluding hydrogens is 386 g/mol. The molecule has 1 unspecified atom stereocenters. The van der Waals surface area contributed by atoms with Crippen LogP contribution in [0, 0.1) is 0 Å². The summed E-state index contributed by atoms with van der Waals surface area (Å²) in [6.07, 6.45) is 3.34. The Morgan fingerprint density at radius 2 is 2.22 bits per heavy atom. The Kier molecular flexibility index (Phi) is 5.17. The smallest absolute Gasteiger partial charge is 0.259 e. The third-order valence-corrected chi connectivity index (χ3v) is 5.09. The van der Waals surface area contributed by atoms with Gasteiger partial charge in [-0.25, -0.2) is 4.98 Å². The normalized spacial score (nSPS) is 16.0. The Bertz CT molecular complexity index is 933. The Labute approximate surface area is 164 Å². The summed E-state index contributed by atoms with van der Waals surface area (Å²) in [6, 6.07) is 9.29. The molecule has 0 saturated heterocycles. The van der Waals surface area contributed by atoms with Crippen LogP contribution in [0.25, 0.3) is 0 Å². The monoisotopic (exact) mass is 401 g/mol. The topological polar surface area (TPSA) is 89.0 Å². The van der Waals surface area contributed by atoms with Crippen LogP contribution in [0.15, 0.2) is 42.0 Å². The van der Waals surface area contributed by atoms with E-state index in [1.54, 1.807) is 17.6 Å². The molecular formula is C18H16ClN5O2S. The number of carbonyl (C=O) groups excluding carboxylic acids is 1. The standard InChI is InChI=1S/C18H16ClN5O2S/c19-13-4-1-3-12-14(5-2-8-26-16(12)13)22-15-7-6-11(9-20-15)17(25)23-18-24-21-10-27-18/h1,3-4,6-7,9-10,14H,2,5,8H2,(H,20,22)(H,23,24,25). The number of pyridine rings is 1. The third-order valence-electron chi connectivity index (χ3n) is 4.18. The number of ether oxygens (including phenoxy) is 1. The first kappa shape index (κ1) is 17.7. The number of fused-ring (bicyclic) bond motifs is 1. The summed E-state index contributed by atoms with van der Waals surface area (Å²) in [5.41, 5.74) is 3.02. The number of nitrogens with zero attached hydrogens (tertiary/aromatic N) is 3. The lowest BCUT2D eigenvalue weighted by Gasteiger charge is -2.19. The lowest BCUT2D eigenvalue weighted by molar-refractivity contribution is 0.102. The minimum atomic E-state index is -0.272. The Balaban J connectivity index is 1.49. The molecule has 2 aromatic heterocycles. The number of hydrogen-bond acceptors (Lipinski definition) is 7. The number of amides is 1. The second-order valence-corrected chi connectivity index (χ2v) is 7.22. The zero-order valence-corrected chi connectivity index (χ0v) is 15.8. The number of hydrogen-bond donors (Lipinski definition) is 2. The number of para-hydroxylation sites is 1. The first-order valence-corrected chi connectivity index (χ1v) is 9.68. The SMILES string of the molecule is O=C(Nc1nncs1)c1ccc(NC2CCCOc3c(Cl)cccc32)nc1. The highest BCUT2D eigenvalue weighted by atomic mass is 35.5. The van der Waals surface area contributed by atoms with Gasteiger partial charge in [-0.1, -0.05) is 35.1 Å². The van der Waals surface area contributed by atoms with Gasteiger partial charge < -0.3 is 10.1 Å². The van der Waals surface area contributed by atoms with E-state index in [4.69, 9.17) is 16.3 Å². The molecule has 0 saturated carbocycles. The zero-order valence-electron chi connectivity index (χ0n) is 14.2. The fourth-order valence-corrected chi connectivity index (χ4v) is 3.58. The van der Waals surface area contributed by atoms with Crippen molar-refractivity contribution in [3.05, 3.63) is 58.2 Å². The van der Waals surface area contributed by atoms with Crippen LogP contribution in [-0.2, 0) is 0 Å². The Morgan fingerprint density at radius 3 is 3.00 bits per heavy atom. The minimum Gasteiger partial charge on any atom is -0.492 e. The molecule has 2 N–H and O–H groups in total. The van der Waals surface area contributed by atoms with Crippen molar-refractivity contribution in [2.45, 2.75) is 18.9 Å². The van der Waals surface area contributed by atoms with E-state index in [1.807, 2.05) is 18.2 Å². The van der Waals surface area contributed by atoms with Gasteiger partial charge in [0.1, 0.15) is 17.1 Å². The maximum atomic E-state index is 12.2. The molecule has 4 rings (SSSR count). The van der Waals surface area contributed by atoms with Crippen LogP contribution in [0.4, 0.5) is 10.9 Å². The molecule has 1 aliphatic heterocycles. The molecule has 9 heteroatoms. The van der Waals surface area contributed by atoms with Gasteiger partial charge in [0.05, 0.1) is 23.2 Å². The van der Waals surface area contributed by atoms with Crippen molar-refractivity contribution in [3.8, 4) is 5.75 Å². The summed E-state index contributed by atoms with van der Waals surface area (Å²) in [7, 11) is 0. The Hall–Kier alpha value is -2.71. The van der Waals surface area contributed by atoms with Gasteiger partial charge in [0.25, 0.3) is 5.91 Å². The number of rotatable bonds is 4. The van der Waals surface area contributed by atoms with Crippen molar-refractivity contribution in [1.29, 1.82) is 0 Å². The summed E-state index contributed by atoms with van der Waals surface area (Å²) < 4.78 is 5.79. The second kappa shape index (κ2) is 7.89. The van der Waals surface area contributed by atoms with E-state index in [9.17, 15) is 4.79 Å². The van der Waals surface area contributed by atoms with Crippen LogP contribution in [0.5, 0.6) is 5.75 Å². The van der Waals surface area contributed by atoms with Crippen molar-refractivity contribution in [2.24, 2.45) is 0 Å². The number of halogens is 1. The van der Waals surface area contributed by atoms with Crippen molar-refractivity contribution in [2.75, 3.05) is 17.2 Å². The van der Waals surface area contributed by atoms with Crippen LogP contribution >= 0.6 is 22.9 Å². The molecule has 1 aliphatic rings. The molecule has 3 aromatic rings. The van der Waals surface area contributed by atoms with Gasteiger partial charge in [0, 0.05) is 11.8 Å². The molecule has 1 amide bonds. The molecule has 3 heterocycles. The highest BCUT2D eigenvalue weighted by molar-refractivity contribution is 7.13. The van der Waals surface area contributed by atoms with Gasteiger partial charge >= 0.3 is 0 Å². The number of carbonyl (C=O) groups is 1. The van der Waals surface area contributed by atoms with E-state index in [0.29, 0.717) is 28.1 Å². The first-order valence-electron chi connectivity index (χ1n) is 8.42. The van der Waals surface area contributed by atoms with Gasteiger partial charge in [-0.2, -0.15) is 0 Å². The Morgan fingerprint density at radius 1 is 1.30 bits per heavy atom.